The van der Waals surface area contributed by atoms with Gasteiger partial charge in [0, 0.05) is 13.1 Å². The van der Waals surface area contributed by atoms with Gasteiger partial charge in [0.05, 0.1) is 28.9 Å². The van der Waals surface area contributed by atoms with Crippen LogP contribution in [0.5, 0.6) is 5.75 Å². The average molecular weight is 400 g/mol. The van der Waals surface area contributed by atoms with Crippen molar-refractivity contribution in [3.05, 3.63) is 48.0 Å². The standard InChI is InChI=1S/C18H19F3N2O3S/c1-26-14-5-7-15(8-6-14)27(24,25)22-16-12-13(18(19,20)21)4-9-17(16)23-10-2-3-11-23/h4-9,12,22H,2-3,10-11H2,1H3. The van der Waals surface area contributed by atoms with Gasteiger partial charge in [-0.05, 0) is 55.3 Å². The maximum atomic E-state index is 13.1. The number of hydrogen-bond donors (Lipinski definition) is 1. The van der Waals surface area contributed by atoms with Crippen LogP contribution in [0.1, 0.15) is 18.4 Å². The zero-order valence-electron chi connectivity index (χ0n) is 14.6. The minimum atomic E-state index is -4.57. The van der Waals surface area contributed by atoms with E-state index in [0.717, 1.165) is 25.0 Å². The van der Waals surface area contributed by atoms with E-state index in [9.17, 15) is 21.6 Å². The van der Waals surface area contributed by atoms with Gasteiger partial charge in [0.15, 0.2) is 0 Å². The quantitative estimate of drug-likeness (QED) is 0.821. The van der Waals surface area contributed by atoms with Crippen molar-refractivity contribution < 1.29 is 26.3 Å². The monoisotopic (exact) mass is 400 g/mol. The molecule has 0 saturated carbocycles. The highest BCUT2D eigenvalue weighted by molar-refractivity contribution is 7.92. The Bertz CT molecular complexity index is 906. The van der Waals surface area contributed by atoms with Crippen LogP contribution in [0.3, 0.4) is 0 Å². The molecule has 1 aliphatic heterocycles. The number of halogens is 3. The number of sulfonamides is 1. The van der Waals surface area contributed by atoms with E-state index in [2.05, 4.69) is 4.72 Å². The van der Waals surface area contributed by atoms with Gasteiger partial charge in [0.1, 0.15) is 5.75 Å². The summed E-state index contributed by atoms with van der Waals surface area (Å²) >= 11 is 0. The van der Waals surface area contributed by atoms with E-state index in [0.29, 0.717) is 24.5 Å². The first kappa shape index (κ1) is 19.3. The van der Waals surface area contributed by atoms with Gasteiger partial charge in [0.25, 0.3) is 10.0 Å². The van der Waals surface area contributed by atoms with Crippen molar-refractivity contribution in [2.75, 3.05) is 29.8 Å². The predicted molar refractivity (Wildman–Crippen MR) is 96.7 cm³/mol. The lowest BCUT2D eigenvalue weighted by molar-refractivity contribution is -0.137. The zero-order chi connectivity index (χ0) is 19.7. The van der Waals surface area contributed by atoms with E-state index in [-0.39, 0.29) is 10.6 Å². The van der Waals surface area contributed by atoms with E-state index in [1.165, 1.54) is 37.4 Å². The van der Waals surface area contributed by atoms with E-state index >= 15 is 0 Å². The molecule has 1 saturated heterocycles. The van der Waals surface area contributed by atoms with Crippen LogP contribution in [-0.2, 0) is 16.2 Å². The van der Waals surface area contributed by atoms with E-state index in [1.807, 2.05) is 4.90 Å². The van der Waals surface area contributed by atoms with E-state index < -0.39 is 21.8 Å². The molecule has 0 unspecified atom stereocenters. The number of nitrogens with one attached hydrogen (secondary N) is 1. The van der Waals surface area contributed by atoms with Gasteiger partial charge in [-0.2, -0.15) is 13.2 Å². The fourth-order valence-electron chi connectivity index (χ4n) is 2.99. The number of alkyl halides is 3. The third-order valence-corrected chi connectivity index (χ3v) is 5.77. The number of hydrogen-bond acceptors (Lipinski definition) is 4. The summed E-state index contributed by atoms with van der Waals surface area (Å²) in [6.07, 6.45) is -2.75. The van der Waals surface area contributed by atoms with Gasteiger partial charge in [-0.25, -0.2) is 8.42 Å². The summed E-state index contributed by atoms with van der Waals surface area (Å²) in [5.41, 5.74) is -0.544. The third kappa shape index (κ3) is 4.29. The fraction of sp³-hybridized carbons (Fsp3) is 0.333. The molecular formula is C18H19F3N2O3S. The molecule has 1 N–H and O–H groups in total. The van der Waals surface area contributed by atoms with Crippen LogP contribution in [0.15, 0.2) is 47.4 Å². The molecule has 1 heterocycles. The highest BCUT2D eigenvalue weighted by atomic mass is 32.2. The molecule has 1 aliphatic rings. The third-order valence-electron chi connectivity index (χ3n) is 4.38. The molecule has 0 radical (unpaired) electrons. The predicted octanol–water partition coefficient (Wildman–Crippen LogP) is 4.12. The van der Waals surface area contributed by atoms with E-state index in [1.54, 1.807) is 0 Å². The number of ether oxygens (including phenoxy) is 1. The minimum absolute atomic E-state index is 0.0620. The van der Waals surface area contributed by atoms with Crippen LogP contribution in [0, 0.1) is 0 Å². The smallest absolute Gasteiger partial charge is 0.416 e. The van der Waals surface area contributed by atoms with Crippen LogP contribution < -0.4 is 14.4 Å². The lowest BCUT2D eigenvalue weighted by Crippen LogP contribution is -2.22. The Morgan fingerprint density at radius 3 is 2.22 bits per heavy atom. The van der Waals surface area contributed by atoms with Gasteiger partial charge < -0.3 is 9.64 Å². The highest BCUT2D eigenvalue weighted by Crippen LogP contribution is 2.37. The molecule has 9 heteroatoms. The zero-order valence-corrected chi connectivity index (χ0v) is 15.4. The molecule has 1 fully saturated rings. The molecule has 2 aromatic carbocycles. The van der Waals surface area contributed by atoms with Crippen molar-refractivity contribution in [3.8, 4) is 5.75 Å². The number of nitrogens with zero attached hydrogens (tertiary/aromatic N) is 1. The Hall–Kier alpha value is -2.42. The van der Waals surface area contributed by atoms with E-state index in [4.69, 9.17) is 4.74 Å². The molecule has 2 aromatic rings. The second-order valence-electron chi connectivity index (χ2n) is 6.20. The molecular weight excluding hydrogens is 381 g/mol. The maximum absolute atomic E-state index is 13.1. The summed E-state index contributed by atoms with van der Waals surface area (Å²) < 4.78 is 72.0. The largest absolute Gasteiger partial charge is 0.497 e. The molecule has 0 atom stereocenters. The van der Waals surface area contributed by atoms with Gasteiger partial charge in [-0.3, -0.25) is 4.72 Å². The second kappa shape index (κ2) is 7.30. The molecule has 27 heavy (non-hydrogen) atoms. The molecule has 0 aliphatic carbocycles. The summed E-state index contributed by atoms with van der Waals surface area (Å²) in [4.78, 5) is 1.82. The maximum Gasteiger partial charge on any atom is 0.416 e. The molecule has 0 bridgehead atoms. The number of rotatable bonds is 5. The number of anilines is 2. The first-order chi connectivity index (χ1) is 12.7. The lowest BCUT2D eigenvalue weighted by atomic mass is 10.1. The first-order valence-corrected chi connectivity index (χ1v) is 9.82. The molecule has 0 spiro atoms. The number of methoxy groups -OCH3 is 1. The van der Waals surface area contributed by atoms with Crippen molar-refractivity contribution in [2.24, 2.45) is 0 Å². The molecule has 146 valence electrons. The van der Waals surface area contributed by atoms with Gasteiger partial charge in [0.2, 0.25) is 0 Å². The first-order valence-electron chi connectivity index (χ1n) is 8.34. The summed E-state index contributed by atoms with van der Waals surface area (Å²) in [6, 6.07) is 8.76. The van der Waals surface area contributed by atoms with Crippen molar-refractivity contribution >= 4 is 21.4 Å². The Labute approximate surface area is 155 Å². The Kier molecular flexibility index (Phi) is 5.23. The van der Waals surface area contributed by atoms with Crippen molar-refractivity contribution in [1.29, 1.82) is 0 Å². The van der Waals surface area contributed by atoms with Crippen LogP contribution >= 0.6 is 0 Å². The molecule has 0 amide bonds. The molecule has 0 aromatic heterocycles. The van der Waals surface area contributed by atoms with Crippen LogP contribution in [0.25, 0.3) is 0 Å². The van der Waals surface area contributed by atoms with Crippen LogP contribution in [-0.4, -0.2) is 28.6 Å². The lowest BCUT2D eigenvalue weighted by Gasteiger charge is -2.23. The SMILES string of the molecule is COc1ccc(S(=O)(=O)Nc2cc(C(F)(F)F)ccc2N2CCCC2)cc1. The normalized spacial score (nSPS) is 15.0. The Morgan fingerprint density at radius 2 is 1.67 bits per heavy atom. The summed E-state index contributed by atoms with van der Waals surface area (Å²) in [5.74, 6) is 0.478. The topological polar surface area (TPSA) is 58.6 Å². The Morgan fingerprint density at radius 1 is 1.04 bits per heavy atom. The van der Waals surface area contributed by atoms with Gasteiger partial charge in [-0.1, -0.05) is 0 Å². The summed E-state index contributed by atoms with van der Waals surface area (Å²) in [6.45, 7) is 1.34. The molecule has 5 nitrogen and oxygen atoms in total. The summed E-state index contributed by atoms with van der Waals surface area (Å²) in [7, 11) is -2.60. The fourth-order valence-corrected chi connectivity index (χ4v) is 4.05. The van der Waals surface area contributed by atoms with Gasteiger partial charge in [-0.15, -0.1) is 0 Å². The highest BCUT2D eigenvalue weighted by Gasteiger charge is 2.32. The second-order valence-corrected chi connectivity index (χ2v) is 7.89. The minimum Gasteiger partial charge on any atom is -0.497 e. The average Bonchev–Trinajstić information content (AvgIpc) is 3.15. The van der Waals surface area contributed by atoms with Crippen LogP contribution in [0.4, 0.5) is 24.5 Å². The van der Waals surface area contributed by atoms with Crippen molar-refractivity contribution in [3.63, 3.8) is 0 Å². The number of benzene rings is 2. The van der Waals surface area contributed by atoms with Gasteiger partial charge >= 0.3 is 6.18 Å². The van der Waals surface area contributed by atoms with Crippen molar-refractivity contribution in [1.82, 2.24) is 0 Å². The van der Waals surface area contributed by atoms with Crippen molar-refractivity contribution in [2.45, 2.75) is 23.9 Å². The molecule has 3 rings (SSSR count). The Balaban J connectivity index is 1.99. The summed E-state index contributed by atoms with van der Waals surface area (Å²) in [5, 5.41) is 0. The van der Waals surface area contributed by atoms with Crippen LogP contribution in [0.2, 0.25) is 0 Å².